The van der Waals surface area contributed by atoms with E-state index in [1.165, 1.54) is 7.11 Å². The summed E-state index contributed by atoms with van der Waals surface area (Å²) in [6.07, 6.45) is -0.834. The molecule has 0 aliphatic carbocycles. The van der Waals surface area contributed by atoms with Gasteiger partial charge < -0.3 is 18.6 Å². The van der Waals surface area contributed by atoms with E-state index in [9.17, 15) is 4.79 Å². The smallest absolute Gasteiger partial charge is 0.231 e. The first-order chi connectivity index (χ1) is 15.0. The lowest BCUT2D eigenvalue weighted by atomic mass is 10.0. The number of Topliss-reactive ketones (excluding diaryl/α,β-unsaturated/α-hetero) is 1. The SMILES string of the molecule is COc1cc(-c2ccc(C(=O)C(OC)c3ccc4c(c3)nnn4C)o2)cc(OC)c1Br. The van der Waals surface area contributed by atoms with Crippen LogP contribution < -0.4 is 9.47 Å². The number of hydrogen-bond acceptors (Lipinski definition) is 7. The molecule has 2 heterocycles. The molecule has 0 saturated heterocycles. The highest BCUT2D eigenvalue weighted by molar-refractivity contribution is 9.10. The van der Waals surface area contributed by atoms with Crippen LogP contribution in [-0.4, -0.2) is 42.1 Å². The molecule has 9 heteroatoms. The molecule has 1 unspecified atom stereocenters. The van der Waals surface area contributed by atoms with Crippen LogP contribution in [0.5, 0.6) is 11.5 Å². The van der Waals surface area contributed by atoms with Crippen molar-refractivity contribution in [1.82, 2.24) is 15.0 Å². The summed E-state index contributed by atoms with van der Waals surface area (Å²) in [6.45, 7) is 0. The third-order valence-corrected chi connectivity index (χ3v) is 5.77. The highest BCUT2D eigenvalue weighted by Crippen LogP contribution is 2.39. The van der Waals surface area contributed by atoms with E-state index in [4.69, 9.17) is 18.6 Å². The monoisotopic (exact) mass is 485 g/mol. The molecule has 0 bridgehead atoms. The zero-order valence-corrected chi connectivity index (χ0v) is 19.0. The van der Waals surface area contributed by atoms with Crippen LogP contribution in [0.4, 0.5) is 0 Å². The molecule has 0 aliphatic rings. The fraction of sp³-hybridized carbons (Fsp3) is 0.227. The van der Waals surface area contributed by atoms with Crippen molar-refractivity contribution in [3.8, 4) is 22.8 Å². The van der Waals surface area contributed by atoms with Crippen molar-refractivity contribution in [3.05, 3.63) is 58.3 Å². The quantitative estimate of drug-likeness (QED) is 0.354. The van der Waals surface area contributed by atoms with Gasteiger partial charge in [0, 0.05) is 19.7 Å². The van der Waals surface area contributed by atoms with Crippen molar-refractivity contribution in [2.45, 2.75) is 6.10 Å². The maximum Gasteiger partial charge on any atom is 0.231 e. The molecule has 0 radical (unpaired) electrons. The largest absolute Gasteiger partial charge is 0.495 e. The Morgan fingerprint density at radius 3 is 2.42 bits per heavy atom. The fourth-order valence-electron chi connectivity index (χ4n) is 3.38. The van der Waals surface area contributed by atoms with E-state index >= 15 is 0 Å². The molecule has 4 rings (SSSR count). The molecule has 0 aliphatic heterocycles. The van der Waals surface area contributed by atoms with Crippen LogP contribution >= 0.6 is 15.9 Å². The Kier molecular flexibility index (Phi) is 5.79. The Morgan fingerprint density at radius 1 is 1.06 bits per heavy atom. The molecule has 160 valence electrons. The number of rotatable bonds is 7. The molecule has 0 fully saturated rings. The lowest BCUT2D eigenvalue weighted by molar-refractivity contribution is 0.0577. The number of aromatic nitrogens is 3. The third-order valence-electron chi connectivity index (χ3n) is 4.99. The molecule has 31 heavy (non-hydrogen) atoms. The van der Waals surface area contributed by atoms with Crippen molar-refractivity contribution in [2.24, 2.45) is 7.05 Å². The number of carbonyl (C=O) groups is 1. The van der Waals surface area contributed by atoms with Gasteiger partial charge in [0.05, 0.1) is 19.7 Å². The van der Waals surface area contributed by atoms with E-state index < -0.39 is 6.10 Å². The van der Waals surface area contributed by atoms with Crippen molar-refractivity contribution in [1.29, 1.82) is 0 Å². The van der Waals surface area contributed by atoms with Gasteiger partial charge in [-0.2, -0.15) is 0 Å². The highest BCUT2D eigenvalue weighted by Gasteiger charge is 2.26. The van der Waals surface area contributed by atoms with Gasteiger partial charge in [-0.3, -0.25) is 4.79 Å². The maximum atomic E-state index is 13.1. The summed E-state index contributed by atoms with van der Waals surface area (Å²) >= 11 is 3.45. The average molecular weight is 486 g/mol. The predicted molar refractivity (Wildman–Crippen MR) is 118 cm³/mol. The number of ketones is 1. The average Bonchev–Trinajstić information content (AvgIpc) is 3.42. The predicted octanol–water partition coefficient (Wildman–Crippen LogP) is 4.58. The van der Waals surface area contributed by atoms with Crippen molar-refractivity contribution >= 4 is 32.7 Å². The Balaban J connectivity index is 1.66. The number of carbonyl (C=O) groups excluding carboxylic acids is 1. The molecular weight excluding hydrogens is 466 g/mol. The number of ether oxygens (including phenoxy) is 3. The summed E-state index contributed by atoms with van der Waals surface area (Å²) < 4.78 is 24.5. The van der Waals surface area contributed by atoms with Gasteiger partial charge >= 0.3 is 0 Å². The fourth-order valence-corrected chi connectivity index (χ4v) is 3.93. The molecule has 2 aromatic heterocycles. The van der Waals surface area contributed by atoms with Crippen LogP contribution in [-0.2, 0) is 11.8 Å². The third kappa shape index (κ3) is 3.82. The second-order valence-corrected chi connectivity index (χ2v) is 7.59. The molecular formula is C22H20BrN3O5. The number of fused-ring (bicyclic) bond motifs is 1. The van der Waals surface area contributed by atoms with E-state index in [2.05, 4.69) is 26.2 Å². The number of benzene rings is 2. The summed E-state index contributed by atoms with van der Waals surface area (Å²) in [7, 11) is 6.43. The summed E-state index contributed by atoms with van der Waals surface area (Å²) in [5, 5.41) is 8.10. The molecule has 0 saturated carbocycles. The molecule has 0 amide bonds. The van der Waals surface area contributed by atoms with Crippen LogP contribution in [0.25, 0.3) is 22.4 Å². The number of furan rings is 1. The minimum atomic E-state index is -0.834. The maximum absolute atomic E-state index is 13.1. The van der Waals surface area contributed by atoms with E-state index in [-0.39, 0.29) is 11.5 Å². The van der Waals surface area contributed by atoms with E-state index in [0.29, 0.717) is 38.4 Å². The Morgan fingerprint density at radius 2 is 1.77 bits per heavy atom. The number of methoxy groups -OCH3 is 3. The number of nitrogens with zero attached hydrogens (tertiary/aromatic N) is 3. The first kappa shape index (κ1) is 21.1. The standard InChI is InChI=1S/C22H20BrN3O5/c1-26-15-6-5-12(9-14(15)24-25-26)22(30-4)21(27)17-8-7-16(31-17)13-10-18(28-2)20(23)19(11-13)29-3/h5-11,22H,1-4H3. The lowest BCUT2D eigenvalue weighted by Crippen LogP contribution is -2.14. The van der Waals surface area contributed by atoms with E-state index in [0.717, 1.165) is 5.52 Å². The van der Waals surface area contributed by atoms with Gasteiger partial charge in [0.15, 0.2) is 5.76 Å². The first-order valence-electron chi connectivity index (χ1n) is 9.35. The second kappa shape index (κ2) is 8.52. The normalized spacial score (nSPS) is 12.2. The topological polar surface area (TPSA) is 88.6 Å². The Bertz CT molecular complexity index is 1240. The number of hydrogen-bond donors (Lipinski definition) is 0. The Hall–Kier alpha value is -3.17. The molecule has 0 N–H and O–H groups in total. The van der Waals surface area contributed by atoms with Crippen molar-refractivity contribution in [2.75, 3.05) is 21.3 Å². The van der Waals surface area contributed by atoms with Gasteiger partial charge in [-0.25, -0.2) is 4.68 Å². The van der Waals surface area contributed by atoms with Gasteiger partial charge in [-0.1, -0.05) is 11.3 Å². The first-order valence-corrected chi connectivity index (χ1v) is 10.1. The van der Waals surface area contributed by atoms with Crippen molar-refractivity contribution in [3.63, 3.8) is 0 Å². The van der Waals surface area contributed by atoms with Crippen LogP contribution in [0, 0.1) is 0 Å². The summed E-state index contributed by atoms with van der Waals surface area (Å²) in [4.78, 5) is 13.1. The minimum Gasteiger partial charge on any atom is -0.495 e. The molecule has 4 aromatic rings. The highest BCUT2D eigenvalue weighted by atomic mass is 79.9. The zero-order chi connectivity index (χ0) is 22.1. The number of aryl methyl sites for hydroxylation is 1. The van der Waals surface area contributed by atoms with Crippen LogP contribution in [0.3, 0.4) is 0 Å². The van der Waals surface area contributed by atoms with Gasteiger partial charge in [0.2, 0.25) is 5.78 Å². The molecule has 8 nitrogen and oxygen atoms in total. The second-order valence-electron chi connectivity index (χ2n) is 6.80. The van der Waals surface area contributed by atoms with Gasteiger partial charge in [0.25, 0.3) is 0 Å². The van der Waals surface area contributed by atoms with Gasteiger partial charge in [-0.15, -0.1) is 5.10 Å². The van der Waals surface area contributed by atoms with E-state index in [1.807, 2.05) is 19.2 Å². The van der Waals surface area contributed by atoms with Crippen LogP contribution in [0.1, 0.15) is 22.2 Å². The van der Waals surface area contributed by atoms with Gasteiger partial charge in [-0.05, 0) is 57.9 Å². The van der Waals surface area contributed by atoms with Crippen molar-refractivity contribution < 1.29 is 23.4 Å². The lowest BCUT2D eigenvalue weighted by Gasteiger charge is -2.13. The molecule has 1 atom stereocenters. The van der Waals surface area contributed by atoms with Gasteiger partial charge in [0.1, 0.15) is 33.4 Å². The zero-order valence-electron chi connectivity index (χ0n) is 17.4. The molecule has 0 spiro atoms. The Labute approximate surface area is 186 Å². The molecule has 2 aromatic carbocycles. The van der Waals surface area contributed by atoms with E-state index in [1.54, 1.807) is 49.2 Å². The summed E-state index contributed by atoms with van der Waals surface area (Å²) in [5.74, 6) is 1.57. The minimum absolute atomic E-state index is 0.182. The van der Waals surface area contributed by atoms with Crippen LogP contribution in [0.2, 0.25) is 0 Å². The summed E-state index contributed by atoms with van der Waals surface area (Å²) in [5.41, 5.74) is 2.94. The van der Waals surface area contributed by atoms with Crippen LogP contribution in [0.15, 0.2) is 51.4 Å². The summed E-state index contributed by atoms with van der Waals surface area (Å²) in [6, 6.07) is 12.4. The number of halogens is 1.